The van der Waals surface area contributed by atoms with E-state index >= 15 is 0 Å². The number of urea groups is 1. The van der Waals surface area contributed by atoms with E-state index in [2.05, 4.69) is 10.6 Å². The molecule has 0 saturated heterocycles. The van der Waals surface area contributed by atoms with Crippen LogP contribution in [0.15, 0.2) is 48.5 Å². The Balaban J connectivity index is 1.66. The van der Waals surface area contributed by atoms with E-state index in [-0.39, 0.29) is 11.8 Å². The molecule has 116 valence electrons. The van der Waals surface area contributed by atoms with Crippen molar-refractivity contribution in [3.63, 3.8) is 0 Å². The number of hydrogen-bond donors (Lipinski definition) is 2. The van der Waals surface area contributed by atoms with E-state index in [0.717, 1.165) is 5.56 Å². The zero-order chi connectivity index (χ0) is 15.8. The minimum Gasteiger partial charge on any atom is -0.338 e. The van der Waals surface area contributed by atoms with Crippen LogP contribution in [0.5, 0.6) is 0 Å². The monoisotopic (exact) mass is 320 g/mol. The normalized spacial score (nSPS) is 10.3. The summed E-state index contributed by atoms with van der Waals surface area (Å²) in [5, 5.41) is 6.16. The maximum absolute atomic E-state index is 13.4. The number of amides is 2. The zero-order valence-electron chi connectivity index (χ0n) is 12.1. The molecule has 0 atom stereocenters. The van der Waals surface area contributed by atoms with E-state index in [4.69, 9.17) is 11.6 Å². The molecule has 0 bridgehead atoms. The summed E-state index contributed by atoms with van der Waals surface area (Å²) < 4.78 is 13.4. The SMILES string of the molecule is O=C(NCCc1ccccc1F)NCCc1ccccc1Cl. The molecule has 0 aromatic heterocycles. The standard InChI is InChI=1S/C17H18ClFN2O/c18-15-7-3-1-5-13(15)9-11-20-17(22)21-12-10-14-6-2-4-8-16(14)19/h1-8H,9-12H2,(H2,20,21,22). The Morgan fingerprint density at radius 3 is 2.09 bits per heavy atom. The number of nitrogens with one attached hydrogen (secondary N) is 2. The molecule has 3 nitrogen and oxygen atoms in total. The minimum absolute atomic E-state index is 0.247. The van der Waals surface area contributed by atoms with Crippen LogP contribution in [-0.4, -0.2) is 19.1 Å². The largest absolute Gasteiger partial charge is 0.338 e. The summed E-state index contributed by atoms with van der Waals surface area (Å²) in [6.45, 7) is 0.883. The molecule has 2 rings (SSSR count). The molecule has 0 spiro atoms. The third-order valence-electron chi connectivity index (χ3n) is 3.28. The molecule has 2 aromatic carbocycles. The summed E-state index contributed by atoms with van der Waals surface area (Å²) in [7, 11) is 0. The van der Waals surface area contributed by atoms with Gasteiger partial charge in [0, 0.05) is 18.1 Å². The van der Waals surface area contributed by atoms with Gasteiger partial charge in [0.05, 0.1) is 0 Å². The zero-order valence-corrected chi connectivity index (χ0v) is 12.9. The molecule has 2 N–H and O–H groups in total. The number of halogens is 2. The Morgan fingerprint density at radius 1 is 0.909 bits per heavy atom. The van der Waals surface area contributed by atoms with E-state index in [9.17, 15) is 9.18 Å². The number of carbonyl (C=O) groups is 1. The first-order valence-corrected chi connectivity index (χ1v) is 7.53. The fraction of sp³-hybridized carbons (Fsp3) is 0.235. The highest BCUT2D eigenvalue weighted by Gasteiger charge is 2.04. The van der Waals surface area contributed by atoms with Crippen LogP contribution in [0.2, 0.25) is 5.02 Å². The Hall–Kier alpha value is -2.07. The lowest BCUT2D eigenvalue weighted by atomic mass is 10.1. The highest BCUT2D eigenvalue weighted by molar-refractivity contribution is 6.31. The molecule has 5 heteroatoms. The number of hydrogen-bond acceptors (Lipinski definition) is 1. The van der Waals surface area contributed by atoms with Crippen LogP contribution in [0, 0.1) is 5.82 Å². The summed E-state index contributed by atoms with van der Waals surface area (Å²) in [4.78, 5) is 11.6. The second-order valence-corrected chi connectivity index (χ2v) is 5.27. The van der Waals surface area contributed by atoms with E-state index in [1.807, 2.05) is 24.3 Å². The van der Waals surface area contributed by atoms with E-state index in [1.165, 1.54) is 6.07 Å². The molecule has 0 radical (unpaired) electrons. The first-order valence-electron chi connectivity index (χ1n) is 7.15. The molecule has 0 unspecified atom stereocenters. The summed E-state index contributed by atoms with van der Waals surface area (Å²) >= 11 is 6.04. The first-order chi connectivity index (χ1) is 10.7. The van der Waals surface area contributed by atoms with Gasteiger partial charge in [-0.05, 0) is 36.1 Å². The van der Waals surface area contributed by atoms with Crippen LogP contribution in [0.25, 0.3) is 0 Å². The second kappa shape index (κ2) is 8.39. The van der Waals surface area contributed by atoms with E-state index < -0.39 is 0 Å². The van der Waals surface area contributed by atoms with Crippen molar-refractivity contribution in [1.29, 1.82) is 0 Å². The topological polar surface area (TPSA) is 41.1 Å². The molecule has 0 heterocycles. The second-order valence-electron chi connectivity index (χ2n) is 4.87. The quantitative estimate of drug-likeness (QED) is 0.839. The van der Waals surface area contributed by atoms with Crippen LogP contribution < -0.4 is 10.6 Å². The van der Waals surface area contributed by atoms with Crippen LogP contribution in [0.1, 0.15) is 11.1 Å². The van der Waals surface area contributed by atoms with Gasteiger partial charge >= 0.3 is 6.03 Å². The lowest BCUT2D eigenvalue weighted by Crippen LogP contribution is -2.37. The average Bonchev–Trinajstić information content (AvgIpc) is 2.51. The minimum atomic E-state index is -0.261. The van der Waals surface area contributed by atoms with Gasteiger partial charge in [-0.25, -0.2) is 9.18 Å². The number of rotatable bonds is 6. The predicted octanol–water partition coefficient (Wildman–Crippen LogP) is 3.56. The molecular formula is C17H18ClFN2O. The van der Waals surface area contributed by atoms with Crippen LogP contribution in [0.3, 0.4) is 0 Å². The van der Waals surface area contributed by atoms with Crippen LogP contribution in [0.4, 0.5) is 9.18 Å². The van der Waals surface area contributed by atoms with E-state index in [0.29, 0.717) is 36.5 Å². The molecule has 0 saturated carbocycles. The Morgan fingerprint density at radius 2 is 1.45 bits per heavy atom. The van der Waals surface area contributed by atoms with Crippen LogP contribution >= 0.6 is 11.6 Å². The number of benzene rings is 2. The van der Waals surface area contributed by atoms with Gasteiger partial charge in [-0.15, -0.1) is 0 Å². The highest BCUT2D eigenvalue weighted by atomic mass is 35.5. The van der Waals surface area contributed by atoms with Gasteiger partial charge in [0.1, 0.15) is 5.82 Å². The Bertz CT molecular complexity index is 580. The van der Waals surface area contributed by atoms with Gasteiger partial charge in [-0.2, -0.15) is 0 Å². The van der Waals surface area contributed by atoms with Gasteiger partial charge in [0.2, 0.25) is 0 Å². The molecule has 2 aromatic rings. The van der Waals surface area contributed by atoms with Gasteiger partial charge in [-0.1, -0.05) is 48.0 Å². The predicted molar refractivity (Wildman–Crippen MR) is 86.7 cm³/mol. The summed E-state index contributed by atoms with van der Waals surface area (Å²) in [6, 6.07) is 13.8. The van der Waals surface area contributed by atoms with Gasteiger partial charge in [0.25, 0.3) is 0 Å². The Labute approximate surface area is 134 Å². The van der Waals surface area contributed by atoms with Gasteiger partial charge < -0.3 is 10.6 Å². The maximum atomic E-state index is 13.4. The van der Waals surface area contributed by atoms with E-state index in [1.54, 1.807) is 18.2 Å². The summed E-state index contributed by atoms with van der Waals surface area (Å²) in [6.07, 6.45) is 1.13. The lowest BCUT2D eigenvalue weighted by molar-refractivity contribution is 0.241. The molecule has 2 amide bonds. The third-order valence-corrected chi connectivity index (χ3v) is 3.64. The average molecular weight is 321 g/mol. The third kappa shape index (κ3) is 5.04. The van der Waals surface area contributed by atoms with Gasteiger partial charge in [-0.3, -0.25) is 0 Å². The molecule has 0 aliphatic carbocycles. The van der Waals surface area contributed by atoms with Crippen molar-refractivity contribution in [1.82, 2.24) is 10.6 Å². The fourth-order valence-corrected chi connectivity index (χ4v) is 2.32. The fourth-order valence-electron chi connectivity index (χ4n) is 2.09. The molecule has 0 aliphatic rings. The summed E-state index contributed by atoms with van der Waals surface area (Å²) in [5.41, 5.74) is 1.59. The Kier molecular flexibility index (Phi) is 6.22. The smallest absolute Gasteiger partial charge is 0.314 e. The number of carbonyl (C=O) groups excluding carboxylic acids is 1. The van der Waals surface area contributed by atoms with Crippen molar-refractivity contribution in [2.24, 2.45) is 0 Å². The maximum Gasteiger partial charge on any atom is 0.314 e. The van der Waals surface area contributed by atoms with Gasteiger partial charge in [0.15, 0.2) is 0 Å². The van der Waals surface area contributed by atoms with Crippen molar-refractivity contribution in [3.05, 3.63) is 70.5 Å². The molecular weight excluding hydrogens is 303 g/mol. The first kappa shape index (κ1) is 16.3. The van der Waals surface area contributed by atoms with Crippen molar-refractivity contribution in [3.8, 4) is 0 Å². The highest BCUT2D eigenvalue weighted by Crippen LogP contribution is 2.14. The summed E-state index contributed by atoms with van der Waals surface area (Å²) in [5.74, 6) is -0.247. The molecule has 22 heavy (non-hydrogen) atoms. The molecule has 0 aliphatic heterocycles. The van der Waals surface area contributed by atoms with Crippen molar-refractivity contribution < 1.29 is 9.18 Å². The van der Waals surface area contributed by atoms with Crippen LogP contribution in [-0.2, 0) is 12.8 Å². The van der Waals surface area contributed by atoms with Crippen molar-refractivity contribution in [2.75, 3.05) is 13.1 Å². The van der Waals surface area contributed by atoms with Crippen molar-refractivity contribution in [2.45, 2.75) is 12.8 Å². The molecule has 0 fully saturated rings. The van der Waals surface area contributed by atoms with Crippen molar-refractivity contribution >= 4 is 17.6 Å². The lowest BCUT2D eigenvalue weighted by Gasteiger charge is -2.09.